The SMILES string of the molecule is CC1(C)OC[C@H](Cn2nnc3c(N)ncnc32)O1. The smallest absolute Gasteiger partial charge is 0.183 e. The van der Waals surface area contributed by atoms with Crippen molar-refractivity contribution in [3.8, 4) is 0 Å². The minimum Gasteiger partial charge on any atom is -0.382 e. The van der Waals surface area contributed by atoms with Crippen molar-refractivity contribution in [2.75, 3.05) is 12.3 Å². The third-order valence-corrected chi connectivity index (χ3v) is 2.77. The van der Waals surface area contributed by atoms with E-state index in [9.17, 15) is 0 Å². The molecule has 0 unspecified atom stereocenters. The van der Waals surface area contributed by atoms with Crippen LogP contribution >= 0.6 is 0 Å². The van der Waals surface area contributed by atoms with Gasteiger partial charge in [0.15, 0.2) is 22.8 Å². The number of nitrogens with zero attached hydrogens (tertiary/aromatic N) is 5. The predicted octanol–water partition coefficient (Wildman–Crippen LogP) is -0.0450. The Morgan fingerprint density at radius 2 is 2.33 bits per heavy atom. The molecule has 1 fully saturated rings. The largest absolute Gasteiger partial charge is 0.382 e. The minimum atomic E-state index is -0.547. The average molecular weight is 250 g/mol. The number of ether oxygens (including phenoxy) is 2. The van der Waals surface area contributed by atoms with Crippen molar-refractivity contribution in [2.24, 2.45) is 0 Å². The standard InChI is InChI=1S/C10H14N6O2/c1-10(2)17-4-6(18-10)3-16-9-7(14-15-16)8(11)12-5-13-9/h5-6H,3-4H2,1-2H3,(H2,11,12,13)/t6-/m0/s1. The second-order valence-electron chi connectivity index (χ2n) is 4.65. The first kappa shape index (κ1) is 11.3. The van der Waals surface area contributed by atoms with Crippen LogP contribution in [0.4, 0.5) is 5.82 Å². The summed E-state index contributed by atoms with van der Waals surface area (Å²) in [6.45, 7) is 4.81. The van der Waals surface area contributed by atoms with Gasteiger partial charge in [0.2, 0.25) is 0 Å². The van der Waals surface area contributed by atoms with Crippen molar-refractivity contribution in [2.45, 2.75) is 32.3 Å². The second kappa shape index (κ2) is 3.85. The molecule has 0 bridgehead atoms. The molecule has 0 amide bonds. The molecule has 1 aliphatic rings. The molecule has 2 aromatic rings. The highest BCUT2D eigenvalue weighted by molar-refractivity contribution is 5.80. The van der Waals surface area contributed by atoms with Crippen LogP contribution < -0.4 is 5.73 Å². The summed E-state index contributed by atoms with van der Waals surface area (Å²) < 4.78 is 12.9. The van der Waals surface area contributed by atoms with Crippen molar-refractivity contribution in [1.82, 2.24) is 25.0 Å². The molecule has 0 radical (unpaired) electrons. The van der Waals surface area contributed by atoms with Crippen molar-refractivity contribution >= 4 is 17.0 Å². The van der Waals surface area contributed by atoms with E-state index >= 15 is 0 Å². The topological polar surface area (TPSA) is 101 Å². The molecule has 0 aromatic carbocycles. The summed E-state index contributed by atoms with van der Waals surface area (Å²) in [5.41, 5.74) is 6.82. The molecule has 18 heavy (non-hydrogen) atoms. The van der Waals surface area contributed by atoms with E-state index in [2.05, 4.69) is 20.3 Å². The third-order valence-electron chi connectivity index (χ3n) is 2.77. The van der Waals surface area contributed by atoms with Crippen LogP contribution in [-0.4, -0.2) is 43.5 Å². The lowest BCUT2D eigenvalue weighted by Gasteiger charge is -2.16. The van der Waals surface area contributed by atoms with E-state index < -0.39 is 5.79 Å². The van der Waals surface area contributed by atoms with Crippen LogP contribution in [0.3, 0.4) is 0 Å². The zero-order valence-electron chi connectivity index (χ0n) is 10.2. The van der Waals surface area contributed by atoms with Crippen LogP contribution in [0.25, 0.3) is 11.2 Å². The Labute approximate surface area is 103 Å². The van der Waals surface area contributed by atoms with Gasteiger partial charge >= 0.3 is 0 Å². The Balaban J connectivity index is 1.86. The van der Waals surface area contributed by atoms with E-state index in [1.165, 1.54) is 6.33 Å². The van der Waals surface area contributed by atoms with E-state index in [1.54, 1.807) is 4.68 Å². The number of aromatic nitrogens is 5. The van der Waals surface area contributed by atoms with E-state index in [4.69, 9.17) is 15.2 Å². The molecule has 3 heterocycles. The Morgan fingerprint density at radius 3 is 3.06 bits per heavy atom. The molecule has 3 rings (SSSR count). The van der Waals surface area contributed by atoms with Gasteiger partial charge in [-0.25, -0.2) is 14.6 Å². The lowest BCUT2D eigenvalue weighted by atomic mass is 10.3. The highest BCUT2D eigenvalue weighted by Crippen LogP contribution is 2.23. The van der Waals surface area contributed by atoms with Gasteiger partial charge in [0.05, 0.1) is 13.2 Å². The fourth-order valence-corrected chi connectivity index (χ4v) is 1.98. The Morgan fingerprint density at radius 1 is 1.50 bits per heavy atom. The number of nitrogens with two attached hydrogens (primary N) is 1. The molecule has 1 aliphatic heterocycles. The molecule has 0 aliphatic carbocycles. The first-order valence-corrected chi connectivity index (χ1v) is 5.66. The lowest BCUT2D eigenvalue weighted by Crippen LogP contribution is -2.24. The van der Waals surface area contributed by atoms with E-state index in [1.807, 2.05) is 13.8 Å². The third kappa shape index (κ3) is 1.89. The van der Waals surface area contributed by atoms with Gasteiger partial charge in [-0.05, 0) is 13.8 Å². The molecule has 8 heteroatoms. The molecular formula is C10H14N6O2. The zero-order chi connectivity index (χ0) is 12.8. The highest BCUT2D eigenvalue weighted by Gasteiger charge is 2.33. The summed E-state index contributed by atoms with van der Waals surface area (Å²) in [6, 6.07) is 0. The summed E-state index contributed by atoms with van der Waals surface area (Å²) in [7, 11) is 0. The van der Waals surface area contributed by atoms with E-state index in [-0.39, 0.29) is 6.10 Å². The molecule has 1 saturated heterocycles. The van der Waals surface area contributed by atoms with Crippen LogP contribution in [0.2, 0.25) is 0 Å². The highest BCUT2D eigenvalue weighted by atomic mass is 16.7. The average Bonchev–Trinajstić information content (AvgIpc) is 2.85. The van der Waals surface area contributed by atoms with Crippen molar-refractivity contribution in [1.29, 1.82) is 0 Å². The predicted molar refractivity (Wildman–Crippen MR) is 62.4 cm³/mol. The number of hydrogen-bond acceptors (Lipinski definition) is 7. The van der Waals surface area contributed by atoms with Gasteiger partial charge < -0.3 is 15.2 Å². The molecule has 8 nitrogen and oxygen atoms in total. The fourth-order valence-electron chi connectivity index (χ4n) is 1.98. The maximum atomic E-state index is 5.72. The molecule has 96 valence electrons. The Hall–Kier alpha value is -1.80. The van der Waals surface area contributed by atoms with Gasteiger partial charge in [-0.1, -0.05) is 5.21 Å². The zero-order valence-corrected chi connectivity index (χ0v) is 10.2. The van der Waals surface area contributed by atoms with Crippen LogP contribution in [0.1, 0.15) is 13.8 Å². The van der Waals surface area contributed by atoms with Crippen LogP contribution in [-0.2, 0) is 16.0 Å². The number of nitrogen functional groups attached to an aromatic ring is 1. The monoisotopic (exact) mass is 250 g/mol. The Kier molecular flexibility index (Phi) is 2.42. The summed E-state index contributed by atoms with van der Waals surface area (Å²) in [5, 5.41) is 7.98. The summed E-state index contributed by atoms with van der Waals surface area (Å²) in [6.07, 6.45) is 1.33. The van der Waals surface area contributed by atoms with Gasteiger partial charge in [0.1, 0.15) is 12.4 Å². The molecule has 0 saturated carbocycles. The Bertz CT molecular complexity index is 581. The first-order chi connectivity index (χ1) is 8.55. The number of fused-ring (bicyclic) bond motifs is 1. The van der Waals surface area contributed by atoms with Crippen molar-refractivity contribution < 1.29 is 9.47 Å². The van der Waals surface area contributed by atoms with Crippen molar-refractivity contribution in [3.05, 3.63) is 6.33 Å². The van der Waals surface area contributed by atoms with Gasteiger partial charge in [-0.3, -0.25) is 0 Å². The fraction of sp³-hybridized carbons (Fsp3) is 0.600. The summed E-state index contributed by atoms with van der Waals surface area (Å²) >= 11 is 0. The first-order valence-electron chi connectivity index (χ1n) is 5.66. The van der Waals surface area contributed by atoms with Crippen LogP contribution in [0.5, 0.6) is 0 Å². The molecular weight excluding hydrogens is 236 g/mol. The second-order valence-corrected chi connectivity index (χ2v) is 4.65. The van der Waals surface area contributed by atoms with Crippen LogP contribution in [0.15, 0.2) is 6.33 Å². The molecule has 0 spiro atoms. The maximum absolute atomic E-state index is 5.72. The summed E-state index contributed by atoms with van der Waals surface area (Å²) in [5.74, 6) is -0.218. The number of hydrogen-bond donors (Lipinski definition) is 1. The van der Waals surface area contributed by atoms with E-state index in [0.29, 0.717) is 30.1 Å². The van der Waals surface area contributed by atoms with Gasteiger partial charge in [-0.2, -0.15) is 0 Å². The maximum Gasteiger partial charge on any atom is 0.183 e. The quantitative estimate of drug-likeness (QED) is 0.797. The molecule has 1 atom stereocenters. The van der Waals surface area contributed by atoms with Crippen LogP contribution in [0, 0.1) is 0 Å². The minimum absolute atomic E-state index is 0.0684. The van der Waals surface area contributed by atoms with E-state index in [0.717, 1.165) is 0 Å². The van der Waals surface area contributed by atoms with Gasteiger partial charge in [0.25, 0.3) is 0 Å². The molecule has 2 N–H and O–H groups in total. The van der Waals surface area contributed by atoms with Crippen molar-refractivity contribution in [3.63, 3.8) is 0 Å². The summed E-state index contributed by atoms with van der Waals surface area (Å²) in [4.78, 5) is 8.00. The lowest BCUT2D eigenvalue weighted by molar-refractivity contribution is -0.139. The molecule has 2 aromatic heterocycles. The van der Waals surface area contributed by atoms with Gasteiger partial charge in [-0.15, -0.1) is 5.10 Å². The van der Waals surface area contributed by atoms with Gasteiger partial charge in [0, 0.05) is 0 Å². The number of anilines is 1. The number of rotatable bonds is 2. The normalized spacial score (nSPS) is 22.7.